The van der Waals surface area contributed by atoms with E-state index >= 15 is 0 Å². The summed E-state index contributed by atoms with van der Waals surface area (Å²) in [5.41, 5.74) is 0.875. The maximum atomic E-state index is 11.8. The molecule has 1 N–H and O–H groups in total. The van der Waals surface area contributed by atoms with Crippen molar-refractivity contribution in [3.05, 3.63) is 29.0 Å². The van der Waals surface area contributed by atoms with Crippen molar-refractivity contribution in [2.75, 3.05) is 6.54 Å². The first kappa shape index (κ1) is 11.6. The largest absolute Gasteiger partial charge is 0.314 e. The molecule has 1 unspecified atom stereocenters. The molecule has 2 rings (SSSR count). The molecule has 0 saturated carbocycles. The maximum Gasteiger partial charge on any atom is 0.138 e. The minimum atomic E-state index is 0.243. The molecule has 0 aliphatic carbocycles. The van der Waals surface area contributed by atoms with Crippen LogP contribution in [0.1, 0.15) is 24.8 Å². The van der Waals surface area contributed by atoms with Gasteiger partial charge in [0.15, 0.2) is 0 Å². The van der Waals surface area contributed by atoms with Gasteiger partial charge in [-0.15, -0.1) is 0 Å². The molecule has 0 bridgehead atoms. The van der Waals surface area contributed by atoms with E-state index in [9.17, 15) is 4.79 Å². The summed E-state index contributed by atoms with van der Waals surface area (Å²) < 4.78 is 0. The van der Waals surface area contributed by atoms with Crippen molar-refractivity contribution in [2.45, 2.75) is 31.7 Å². The van der Waals surface area contributed by atoms with E-state index < -0.39 is 0 Å². The van der Waals surface area contributed by atoms with Gasteiger partial charge in [0.05, 0.1) is 5.02 Å². The summed E-state index contributed by atoms with van der Waals surface area (Å²) in [4.78, 5) is 15.7. The number of ketones is 1. The molecule has 4 heteroatoms. The highest BCUT2D eigenvalue weighted by Gasteiger charge is 2.18. The van der Waals surface area contributed by atoms with Crippen LogP contribution in [-0.4, -0.2) is 23.4 Å². The van der Waals surface area contributed by atoms with Gasteiger partial charge in [-0.05, 0) is 31.0 Å². The lowest BCUT2D eigenvalue weighted by Crippen LogP contribution is -2.25. The zero-order valence-electron chi connectivity index (χ0n) is 9.08. The van der Waals surface area contributed by atoms with Crippen LogP contribution < -0.4 is 5.32 Å². The Morgan fingerprint density at radius 3 is 3.19 bits per heavy atom. The van der Waals surface area contributed by atoms with Gasteiger partial charge in [0.1, 0.15) is 5.78 Å². The fraction of sp³-hybridized carbons (Fsp3) is 0.500. The molecule has 1 aromatic heterocycles. The van der Waals surface area contributed by atoms with Crippen LogP contribution in [0.15, 0.2) is 18.5 Å². The van der Waals surface area contributed by atoms with Gasteiger partial charge in [-0.25, -0.2) is 0 Å². The van der Waals surface area contributed by atoms with Gasteiger partial charge in [0, 0.05) is 31.3 Å². The molecule has 1 aromatic rings. The average Bonchev–Trinajstić information content (AvgIpc) is 2.74. The zero-order chi connectivity index (χ0) is 11.4. The predicted octanol–water partition coefficient (Wildman–Crippen LogP) is 1.99. The van der Waals surface area contributed by atoms with E-state index in [1.165, 1.54) is 6.42 Å². The Kier molecular flexibility index (Phi) is 3.91. The second-order valence-electron chi connectivity index (χ2n) is 4.18. The molecule has 1 saturated heterocycles. The molecule has 1 fully saturated rings. The first-order valence-electron chi connectivity index (χ1n) is 5.59. The van der Waals surface area contributed by atoms with E-state index in [0.717, 1.165) is 18.5 Å². The van der Waals surface area contributed by atoms with E-state index in [2.05, 4.69) is 10.3 Å². The Labute approximate surface area is 100 Å². The molecular weight excluding hydrogens is 224 g/mol. The monoisotopic (exact) mass is 238 g/mol. The number of hydrogen-bond acceptors (Lipinski definition) is 3. The third-order valence-corrected chi connectivity index (χ3v) is 3.22. The van der Waals surface area contributed by atoms with Crippen molar-refractivity contribution in [2.24, 2.45) is 0 Å². The second kappa shape index (κ2) is 5.41. The molecule has 3 nitrogen and oxygen atoms in total. The molecule has 0 amide bonds. The van der Waals surface area contributed by atoms with E-state index in [0.29, 0.717) is 23.9 Å². The number of halogens is 1. The van der Waals surface area contributed by atoms with Gasteiger partial charge in [-0.1, -0.05) is 11.6 Å². The lowest BCUT2D eigenvalue weighted by molar-refractivity contribution is -0.118. The van der Waals surface area contributed by atoms with Crippen LogP contribution in [0.2, 0.25) is 5.02 Å². The number of nitrogens with one attached hydrogen (secondary N) is 1. The van der Waals surface area contributed by atoms with Crippen molar-refractivity contribution in [3.8, 4) is 0 Å². The van der Waals surface area contributed by atoms with Crippen LogP contribution >= 0.6 is 11.6 Å². The Morgan fingerprint density at radius 2 is 2.50 bits per heavy atom. The summed E-state index contributed by atoms with van der Waals surface area (Å²) in [5, 5.41) is 3.90. The number of carbonyl (C=O) groups is 1. The Balaban J connectivity index is 1.89. The van der Waals surface area contributed by atoms with E-state index in [1.807, 2.05) is 6.07 Å². The van der Waals surface area contributed by atoms with Crippen LogP contribution in [-0.2, 0) is 11.2 Å². The van der Waals surface area contributed by atoms with Crippen molar-refractivity contribution in [1.82, 2.24) is 10.3 Å². The smallest absolute Gasteiger partial charge is 0.138 e. The number of carbonyl (C=O) groups excluding carboxylic acids is 1. The first-order chi connectivity index (χ1) is 7.75. The van der Waals surface area contributed by atoms with Gasteiger partial charge >= 0.3 is 0 Å². The Bertz CT molecular complexity index is 375. The minimum Gasteiger partial charge on any atom is -0.314 e. The summed E-state index contributed by atoms with van der Waals surface area (Å²) in [6, 6.07) is 2.18. The van der Waals surface area contributed by atoms with Crippen LogP contribution in [0.25, 0.3) is 0 Å². The van der Waals surface area contributed by atoms with Crippen molar-refractivity contribution < 1.29 is 4.79 Å². The number of aromatic nitrogens is 1. The summed E-state index contributed by atoms with van der Waals surface area (Å²) in [7, 11) is 0. The topological polar surface area (TPSA) is 42.0 Å². The first-order valence-corrected chi connectivity index (χ1v) is 5.97. The highest BCUT2D eigenvalue weighted by atomic mass is 35.5. The zero-order valence-corrected chi connectivity index (χ0v) is 9.83. The standard InChI is InChI=1S/C12H15ClN2O/c13-12-8-14-5-3-9(12)6-11(16)7-10-2-1-4-15-10/h3,5,8,10,15H,1-2,4,6-7H2. The normalized spacial score (nSPS) is 19.9. The molecule has 0 aromatic carbocycles. The molecule has 1 atom stereocenters. The van der Waals surface area contributed by atoms with Gasteiger partial charge in [0.2, 0.25) is 0 Å². The molecule has 1 aliphatic heterocycles. The van der Waals surface area contributed by atoms with Gasteiger partial charge < -0.3 is 5.32 Å². The van der Waals surface area contributed by atoms with Gasteiger partial charge in [-0.3, -0.25) is 9.78 Å². The van der Waals surface area contributed by atoms with Crippen LogP contribution in [0, 0.1) is 0 Å². The SMILES string of the molecule is O=C(Cc1ccncc1Cl)CC1CCCN1. The summed E-state index contributed by atoms with van der Waals surface area (Å²) in [6.45, 7) is 1.04. The second-order valence-corrected chi connectivity index (χ2v) is 4.59. The highest BCUT2D eigenvalue weighted by Crippen LogP contribution is 2.16. The molecular formula is C12H15ClN2O. The quantitative estimate of drug-likeness (QED) is 0.872. The summed E-state index contributed by atoms with van der Waals surface area (Å²) >= 11 is 5.95. The molecule has 1 aliphatic rings. The third kappa shape index (κ3) is 3.03. The Hall–Kier alpha value is -0.930. The maximum absolute atomic E-state index is 11.8. The number of pyridine rings is 1. The highest BCUT2D eigenvalue weighted by molar-refractivity contribution is 6.31. The van der Waals surface area contributed by atoms with Crippen molar-refractivity contribution >= 4 is 17.4 Å². The fourth-order valence-corrected chi connectivity index (χ4v) is 2.22. The molecule has 2 heterocycles. The van der Waals surface area contributed by atoms with Gasteiger partial charge in [-0.2, -0.15) is 0 Å². The van der Waals surface area contributed by atoms with Crippen LogP contribution in [0.5, 0.6) is 0 Å². The van der Waals surface area contributed by atoms with Crippen LogP contribution in [0.4, 0.5) is 0 Å². The molecule has 16 heavy (non-hydrogen) atoms. The van der Waals surface area contributed by atoms with Crippen molar-refractivity contribution in [1.29, 1.82) is 0 Å². The number of Topliss-reactive ketones (excluding diaryl/α,β-unsaturated/α-hetero) is 1. The number of hydrogen-bond donors (Lipinski definition) is 1. The fourth-order valence-electron chi connectivity index (χ4n) is 2.04. The summed E-state index contributed by atoms with van der Waals surface area (Å²) in [5.74, 6) is 0.243. The molecule has 0 radical (unpaired) electrons. The lowest BCUT2D eigenvalue weighted by Gasteiger charge is -2.09. The molecule has 0 spiro atoms. The van der Waals surface area contributed by atoms with Crippen molar-refractivity contribution in [3.63, 3.8) is 0 Å². The predicted molar refractivity (Wildman–Crippen MR) is 63.6 cm³/mol. The average molecular weight is 239 g/mol. The number of nitrogens with zero attached hydrogens (tertiary/aromatic N) is 1. The summed E-state index contributed by atoms with van der Waals surface area (Å²) in [6.07, 6.45) is 6.56. The van der Waals surface area contributed by atoms with E-state index in [1.54, 1.807) is 12.4 Å². The van der Waals surface area contributed by atoms with Crippen LogP contribution in [0.3, 0.4) is 0 Å². The number of rotatable bonds is 4. The lowest BCUT2D eigenvalue weighted by atomic mass is 10.0. The van der Waals surface area contributed by atoms with Gasteiger partial charge in [0.25, 0.3) is 0 Å². The third-order valence-electron chi connectivity index (χ3n) is 2.88. The molecule has 86 valence electrons. The van der Waals surface area contributed by atoms with E-state index in [4.69, 9.17) is 11.6 Å². The Morgan fingerprint density at radius 1 is 1.62 bits per heavy atom. The minimum absolute atomic E-state index is 0.243. The van der Waals surface area contributed by atoms with E-state index in [-0.39, 0.29) is 5.78 Å².